The Morgan fingerprint density at radius 1 is 1.35 bits per heavy atom. The van der Waals surface area contributed by atoms with Gasteiger partial charge in [0.15, 0.2) is 0 Å². The van der Waals surface area contributed by atoms with Crippen molar-refractivity contribution in [2.75, 3.05) is 19.8 Å². The van der Waals surface area contributed by atoms with Crippen LogP contribution in [0.4, 0.5) is 13.2 Å². The molecule has 0 fully saturated rings. The normalized spacial score (nSPS) is 11.1. The molecular weight excluding hydrogens is 299 g/mol. The van der Waals surface area contributed by atoms with Crippen molar-refractivity contribution in [3.8, 4) is 0 Å². The first kappa shape index (κ1) is 14.5. The van der Waals surface area contributed by atoms with Crippen LogP contribution < -0.4 is 5.32 Å². The summed E-state index contributed by atoms with van der Waals surface area (Å²) in [6.07, 6.45) is -2.43. The third-order valence-corrected chi connectivity index (χ3v) is 2.74. The molecule has 0 saturated heterocycles. The van der Waals surface area contributed by atoms with Crippen LogP contribution in [0.15, 0.2) is 22.7 Å². The van der Waals surface area contributed by atoms with Gasteiger partial charge < -0.3 is 10.1 Å². The van der Waals surface area contributed by atoms with E-state index in [1.807, 2.05) is 0 Å². The van der Waals surface area contributed by atoms with E-state index in [0.717, 1.165) is 5.56 Å². The van der Waals surface area contributed by atoms with Crippen LogP contribution in [-0.2, 0) is 11.3 Å². The molecule has 0 radical (unpaired) electrons. The maximum absolute atomic E-state index is 12.8. The van der Waals surface area contributed by atoms with Crippen LogP contribution in [0.5, 0.6) is 0 Å². The molecule has 0 spiro atoms. The summed E-state index contributed by atoms with van der Waals surface area (Å²) in [7, 11) is 0. The van der Waals surface area contributed by atoms with E-state index in [9.17, 15) is 13.2 Å². The maximum atomic E-state index is 12.8. The fourth-order valence-electron chi connectivity index (χ4n) is 1.20. The summed E-state index contributed by atoms with van der Waals surface area (Å²) in [5, 5.41) is 3.01. The zero-order valence-corrected chi connectivity index (χ0v) is 10.6. The molecule has 0 aliphatic carbocycles. The van der Waals surface area contributed by atoms with Crippen molar-refractivity contribution in [1.82, 2.24) is 5.32 Å². The Bertz CT molecular complexity index is 349. The second-order valence-electron chi connectivity index (χ2n) is 3.38. The van der Waals surface area contributed by atoms with Gasteiger partial charge in [-0.25, -0.2) is 13.2 Å². The van der Waals surface area contributed by atoms with E-state index in [2.05, 4.69) is 21.2 Å². The molecule has 0 aromatic heterocycles. The number of hydrogen-bond donors (Lipinski definition) is 1. The lowest BCUT2D eigenvalue weighted by atomic mass is 10.2. The molecule has 1 aromatic rings. The molecule has 1 aromatic carbocycles. The average molecular weight is 312 g/mol. The molecule has 0 aliphatic heterocycles. The van der Waals surface area contributed by atoms with Gasteiger partial charge in [-0.05, 0) is 17.7 Å². The van der Waals surface area contributed by atoms with E-state index in [0.29, 0.717) is 17.6 Å². The van der Waals surface area contributed by atoms with Crippen LogP contribution >= 0.6 is 15.9 Å². The number of nitrogens with one attached hydrogen (secondary N) is 1. The van der Waals surface area contributed by atoms with Gasteiger partial charge in [-0.1, -0.05) is 22.0 Å². The second kappa shape index (κ2) is 7.68. The third kappa shape index (κ3) is 6.05. The van der Waals surface area contributed by atoms with Crippen molar-refractivity contribution in [3.05, 3.63) is 34.1 Å². The van der Waals surface area contributed by atoms with E-state index in [1.165, 1.54) is 12.1 Å². The Hall–Kier alpha value is -0.590. The quantitative estimate of drug-likeness (QED) is 0.782. The fraction of sp³-hybridized carbons (Fsp3) is 0.455. The van der Waals surface area contributed by atoms with Gasteiger partial charge in [-0.3, -0.25) is 0 Å². The van der Waals surface area contributed by atoms with Gasteiger partial charge in [0.25, 0.3) is 6.43 Å². The molecule has 0 unspecified atom stereocenters. The van der Waals surface area contributed by atoms with E-state index in [1.54, 1.807) is 6.07 Å². The average Bonchev–Trinajstić information content (AvgIpc) is 2.25. The highest BCUT2D eigenvalue weighted by atomic mass is 79.9. The van der Waals surface area contributed by atoms with Crippen molar-refractivity contribution in [2.24, 2.45) is 0 Å². The van der Waals surface area contributed by atoms with E-state index >= 15 is 0 Å². The molecular formula is C11H13BrF3NO. The Balaban J connectivity index is 2.18. The fourth-order valence-corrected chi connectivity index (χ4v) is 1.70. The molecule has 0 saturated carbocycles. The lowest BCUT2D eigenvalue weighted by Gasteiger charge is -2.07. The summed E-state index contributed by atoms with van der Waals surface area (Å²) in [4.78, 5) is 0. The number of rotatable bonds is 7. The van der Waals surface area contributed by atoms with Crippen molar-refractivity contribution in [3.63, 3.8) is 0 Å². The number of hydrogen-bond acceptors (Lipinski definition) is 2. The van der Waals surface area contributed by atoms with Crippen LogP contribution in [-0.4, -0.2) is 26.2 Å². The third-order valence-electron chi connectivity index (χ3n) is 2.00. The first-order valence-electron chi connectivity index (χ1n) is 5.10. The summed E-state index contributed by atoms with van der Waals surface area (Å²) in [6.45, 7) is 0.681. The minimum Gasteiger partial charge on any atom is -0.374 e. The minimum atomic E-state index is -2.43. The van der Waals surface area contributed by atoms with Crippen LogP contribution in [0.25, 0.3) is 0 Å². The zero-order valence-electron chi connectivity index (χ0n) is 9.06. The lowest BCUT2D eigenvalue weighted by molar-refractivity contribution is 0.0187. The van der Waals surface area contributed by atoms with Crippen molar-refractivity contribution < 1.29 is 17.9 Å². The number of alkyl halides is 2. The first-order chi connectivity index (χ1) is 8.09. The maximum Gasteiger partial charge on any atom is 0.261 e. The zero-order chi connectivity index (χ0) is 12.7. The molecule has 17 heavy (non-hydrogen) atoms. The highest BCUT2D eigenvalue weighted by Gasteiger charge is 2.02. The predicted octanol–water partition coefficient (Wildman–Crippen LogP) is 2.96. The predicted molar refractivity (Wildman–Crippen MR) is 62.6 cm³/mol. The van der Waals surface area contributed by atoms with Crippen molar-refractivity contribution in [2.45, 2.75) is 13.0 Å². The lowest BCUT2D eigenvalue weighted by Crippen LogP contribution is -2.20. The van der Waals surface area contributed by atoms with Crippen LogP contribution in [0, 0.1) is 5.82 Å². The van der Waals surface area contributed by atoms with Crippen LogP contribution in [0.2, 0.25) is 0 Å². The summed E-state index contributed by atoms with van der Waals surface area (Å²) in [6, 6.07) is 4.41. The highest BCUT2D eigenvalue weighted by molar-refractivity contribution is 9.10. The molecule has 1 N–H and O–H groups in total. The number of benzene rings is 1. The van der Waals surface area contributed by atoms with Crippen LogP contribution in [0.3, 0.4) is 0 Å². The largest absolute Gasteiger partial charge is 0.374 e. The minimum absolute atomic E-state index is 0.225. The van der Waals surface area contributed by atoms with Crippen LogP contribution in [0.1, 0.15) is 5.56 Å². The molecule has 0 heterocycles. The Labute approximate surface area is 106 Å². The first-order valence-corrected chi connectivity index (χ1v) is 5.89. The molecule has 0 bridgehead atoms. The van der Waals surface area contributed by atoms with Gasteiger partial charge in [-0.15, -0.1) is 0 Å². The van der Waals surface area contributed by atoms with Gasteiger partial charge in [0, 0.05) is 17.6 Å². The van der Waals surface area contributed by atoms with Gasteiger partial charge in [0.1, 0.15) is 12.4 Å². The molecule has 0 amide bonds. The topological polar surface area (TPSA) is 21.3 Å². The van der Waals surface area contributed by atoms with Gasteiger partial charge in [0.2, 0.25) is 0 Å². The van der Waals surface area contributed by atoms with E-state index in [-0.39, 0.29) is 12.4 Å². The summed E-state index contributed by atoms with van der Waals surface area (Å²) in [5.74, 6) is -0.305. The van der Waals surface area contributed by atoms with Gasteiger partial charge >= 0.3 is 0 Å². The summed E-state index contributed by atoms with van der Waals surface area (Å²) < 4.78 is 41.6. The molecule has 6 heteroatoms. The van der Waals surface area contributed by atoms with E-state index in [4.69, 9.17) is 4.74 Å². The summed E-state index contributed by atoms with van der Waals surface area (Å²) in [5.41, 5.74) is 0.903. The van der Waals surface area contributed by atoms with Crippen molar-refractivity contribution >= 4 is 15.9 Å². The number of halogens is 4. The SMILES string of the molecule is Fc1ccc(CNCCOCC(F)F)c(Br)c1. The molecule has 1 rings (SSSR count). The Morgan fingerprint density at radius 2 is 2.12 bits per heavy atom. The van der Waals surface area contributed by atoms with Gasteiger partial charge in [0.05, 0.1) is 6.61 Å². The second-order valence-corrected chi connectivity index (χ2v) is 4.23. The van der Waals surface area contributed by atoms with Crippen molar-refractivity contribution in [1.29, 1.82) is 0 Å². The monoisotopic (exact) mass is 311 g/mol. The van der Waals surface area contributed by atoms with Gasteiger partial charge in [-0.2, -0.15) is 0 Å². The molecule has 96 valence electrons. The Morgan fingerprint density at radius 3 is 2.76 bits per heavy atom. The Kier molecular flexibility index (Phi) is 6.54. The molecule has 2 nitrogen and oxygen atoms in total. The highest BCUT2D eigenvalue weighted by Crippen LogP contribution is 2.17. The number of ether oxygens (including phenoxy) is 1. The molecule has 0 atom stereocenters. The molecule has 0 aliphatic rings. The van der Waals surface area contributed by atoms with E-state index < -0.39 is 13.0 Å². The summed E-state index contributed by atoms with van der Waals surface area (Å²) >= 11 is 3.24. The smallest absolute Gasteiger partial charge is 0.261 e. The standard InChI is InChI=1S/C11H13BrF3NO/c12-10-5-9(13)2-1-8(10)6-16-3-4-17-7-11(14)15/h1-2,5,11,16H,3-4,6-7H2.